The fourth-order valence-electron chi connectivity index (χ4n) is 1.70. The molecule has 4 heteroatoms. The summed E-state index contributed by atoms with van der Waals surface area (Å²) in [4.78, 5) is 0. The Morgan fingerprint density at radius 1 is 1.24 bits per heavy atom. The van der Waals surface area contributed by atoms with E-state index in [9.17, 15) is 8.42 Å². The Kier molecular flexibility index (Phi) is 7.33. The van der Waals surface area contributed by atoms with E-state index >= 15 is 0 Å². The van der Waals surface area contributed by atoms with Crippen LogP contribution in [0.1, 0.15) is 53.9 Å². The lowest BCUT2D eigenvalue weighted by atomic mass is 9.83. The molecular weight excluding hydrogens is 234 g/mol. The van der Waals surface area contributed by atoms with Crippen LogP contribution < -0.4 is 5.32 Å². The molecular formula is C13H29NO2S. The van der Waals surface area contributed by atoms with Gasteiger partial charge in [0.25, 0.3) is 0 Å². The Morgan fingerprint density at radius 2 is 1.82 bits per heavy atom. The van der Waals surface area contributed by atoms with Crippen molar-refractivity contribution in [1.82, 2.24) is 5.32 Å². The van der Waals surface area contributed by atoms with Crippen LogP contribution in [-0.4, -0.2) is 32.5 Å². The quantitative estimate of drug-likeness (QED) is 0.695. The lowest BCUT2D eigenvalue weighted by Crippen LogP contribution is -2.35. The van der Waals surface area contributed by atoms with E-state index in [0.717, 1.165) is 25.8 Å². The summed E-state index contributed by atoms with van der Waals surface area (Å²) in [6.45, 7) is 11.4. The third kappa shape index (κ3) is 7.77. The summed E-state index contributed by atoms with van der Waals surface area (Å²) in [5, 5.41) is 3.45. The van der Waals surface area contributed by atoms with Gasteiger partial charge in [-0.3, -0.25) is 0 Å². The predicted octanol–water partition coefficient (Wildman–Crippen LogP) is 2.62. The molecule has 0 bridgehead atoms. The molecule has 0 saturated carbocycles. The number of hydrogen-bond donors (Lipinski definition) is 1. The van der Waals surface area contributed by atoms with Crippen molar-refractivity contribution in [1.29, 1.82) is 0 Å². The third-order valence-corrected chi connectivity index (χ3v) is 5.26. The van der Waals surface area contributed by atoms with Gasteiger partial charge in [-0.1, -0.05) is 34.6 Å². The molecule has 17 heavy (non-hydrogen) atoms. The molecule has 0 aromatic rings. The van der Waals surface area contributed by atoms with Gasteiger partial charge in [0.15, 0.2) is 0 Å². The number of nitrogens with one attached hydrogen (secondary N) is 1. The van der Waals surface area contributed by atoms with Crippen LogP contribution in [0.5, 0.6) is 0 Å². The van der Waals surface area contributed by atoms with E-state index in [4.69, 9.17) is 0 Å². The highest BCUT2D eigenvalue weighted by Gasteiger charge is 2.22. The molecule has 1 unspecified atom stereocenters. The van der Waals surface area contributed by atoms with E-state index in [-0.39, 0.29) is 11.2 Å². The molecule has 0 rings (SSSR count). The van der Waals surface area contributed by atoms with Crippen molar-refractivity contribution in [2.24, 2.45) is 5.41 Å². The maximum atomic E-state index is 11.4. The van der Waals surface area contributed by atoms with Crippen LogP contribution in [0.25, 0.3) is 0 Å². The van der Waals surface area contributed by atoms with Crippen LogP contribution in [0.3, 0.4) is 0 Å². The Balaban J connectivity index is 4.12. The number of hydrogen-bond acceptors (Lipinski definition) is 3. The Bertz CT molecular complexity index is 299. The molecule has 0 aliphatic heterocycles. The number of rotatable bonds is 9. The van der Waals surface area contributed by atoms with Crippen molar-refractivity contribution < 1.29 is 8.42 Å². The summed E-state index contributed by atoms with van der Waals surface area (Å²) in [6.07, 6.45) is 2.83. The Morgan fingerprint density at radius 3 is 2.24 bits per heavy atom. The first-order chi connectivity index (χ1) is 7.74. The van der Waals surface area contributed by atoms with Crippen molar-refractivity contribution in [3.05, 3.63) is 0 Å². The third-order valence-electron chi connectivity index (χ3n) is 3.47. The summed E-state index contributed by atoms with van der Waals surface area (Å²) in [6, 6.07) is 0.486. The van der Waals surface area contributed by atoms with E-state index in [2.05, 4.69) is 33.0 Å². The van der Waals surface area contributed by atoms with Gasteiger partial charge in [-0.25, -0.2) is 8.42 Å². The molecule has 0 heterocycles. The average Bonchev–Trinajstić information content (AvgIpc) is 2.26. The van der Waals surface area contributed by atoms with Crippen molar-refractivity contribution >= 4 is 9.84 Å². The van der Waals surface area contributed by atoms with Gasteiger partial charge in [0.1, 0.15) is 9.84 Å². The molecule has 0 aliphatic carbocycles. The van der Waals surface area contributed by atoms with E-state index in [0.29, 0.717) is 11.8 Å². The standard InChI is InChI=1S/C13H29NO2S/c1-6-13(5,11-14-12(3)4)9-8-10-17(15,16)7-2/h12,14H,6-11H2,1-5H3. The highest BCUT2D eigenvalue weighted by molar-refractivity contribution is 7.91. The first-order valence-electron chi connectivity index (χ1n) is 6.68. The Hall–Kier alpha value is -0.0900. The van der Waals surface area contributed by atoms with Crippen LogP contribution in [0, 0.1) is 5.41 Å². The van der Waals surface area contributed by atoms with Crippen LogP contribution in [-0.2, 0) is 9.84 Å². The molecule has 104 valence electrons. The fourth-order valence-corrected chi connectivity index (χ4v) is 2.58. The summed E-state index contributed by atoms with van der Waals surface area (Å²) in [5.74, 6) is 0.598. The average molecular weight is 263 g/mol. The van der Waals surface area contributed by atoms with Crippen molar-refractivity contribution in [2.45, 2.75) is 59.9 Å². The highest BCUT2D eigenvalue weighted by atomic mass is 32.2. The molecule has 0 radical (unpaired) electrons. The summed E-state index contributed by atoms with van der Waals surface area (Å²) < 4.78 is 22.8. The van der Waals surface area contributed by atoms with E-state index < -0.39 is 9.84 Å². The molecule has 0 fully saturated rings. The largest absolute Gasteiger partial charge is 0.314 e. The Labute approximate surface area is 107 Å². The fraction of sp³-hybridized carbons (Fsp3) is 1.00. The van der Waals surface area contributed by atoms with Crippen LogP contribution in [0.2, 0.25) is 0 Å². The van der Waals surface area contributed by atoms with Gasteiger partial charge in [0.2, 0.25) is 0 Å². The smallest absolute Gasteiger partial charge is 0.150 e. The lowest BCUT2D eigenvalue weighted by molar-refractivity contribution is 0.259. The van der Waals surface area contributed by atoms with Gasteiger partial charge in [0, 0.05) is 18.3 Å². The second-order valence-electron chi connectivity index (χ2n) is 5.54. The van der Waals surface area contributed by atoms with Crippen molar-refractivity contribution in [2.75, 3.05) is 18.1 Å². The maximum absolute atomic E-state index is 11.4. The topological polar surface area (TPSA) is 46.2 Å². The zero-order chi connectivity index (χ0) is 13.5. The summed E-state index contributed by atoms with van der Waals surface area (Å²) in [5.41, 5.74) is 0.216. The molecule has 0 amide bonds. The van der Waals surface area contributed by atoms with Crippen molar-refractivity contribution in [3.63, 3.8) is 0 Å². The minimum Gasteiger partial charge on any atom is -0.314 e. The van der Waals surface area contributed by atoms with Gasteiger partial charge >= 0.3 is 0 Å². The molecule has 0 aromatic carbocycles. The normalized spacial score (nSPS) is 16.1. The monoisotopic (exact) mass is 263 g/mol. The molecule has 3 nitrogen and oxygen atoms in total. The van der Waals surface area contributed by atoms with E-state index in [1.807, 2.05) is 0 Å². The SMILES string of the molecule is CCC(C)(CCCS(=O)(=O)CC)CNC(C)C. The predicted molar refractivity (Wildman–Crippen MR) is 75.1 cm³/mol. The first-order valence-corrected chi connectivity index (χ1v) is 8.50. The molecule has 0 spiro atoms. The van der Waals surface area contributed by atoms with Gasteiger partial charge in [-0.05, 0) is 24.7 Å². The first kappa shape index (κ1) is 16.9. The minimum absolute atomic E-state index is 0.216. The molecule has 1 atom stereocenters. The molecule has 0 aliphatic rings. The second kappa shape index (κ2) is 7.37. The van der Waals surface area contributed by atoms with Crippen LogP contribution in [0.15, 0.2) is 0 Å². The second-order valence-corrected chi connectivity index (χ2v) is 8.01. The lowest BCUT2D eigenvalue weighted by Gasteiger charge is -2.29. The van der Waals surface area contributed by atoms with Gasteiger partial charge in [-0.15, -0.1) is 0 Å². The van der Waals surface area contributed by atoms with Gasteiger partial charge in [0.05, 0.1) is 5.75 Å². The van der Waals surface area contributed by atoms with E-state index in [1.165, 1.54) is 0 Å². The molecule has 1 N–H and O–H groups in total. The molecule has 0 saturated heterocycles. The zero-order valence-electron chi connectivity index (χ0n) is 12.0. The van der Waals surface area contributed by atoms with E-state index in [1.54, 1.807) is 6.92 Å². The molecule has 0 aromatic heterocycles. The maximum Gasteiger partial charge on any atom is 0.150 e. The highest BCUT2D eigenvalue weighted by Crippen LogP contribution is 2.26. The van der Waals surface area contributed by atoms with Crippen molar-refractivity contribution in [3.8, 4) is 0 Å². The summed E-state index contributed by atoms with van der Waals surface area (Å²) in [7, 11) is -2.80. The van der Waals surface area contributed by atoms with Crippen LogP contribution in [0.4, 0.5) is 0 Å². The summed E-state index contributed by atoms with van der Waals surface area (Å²) >= 11 is 0. The minimum atomic E-state index is -2.80. The number of sulfone groups is 1. The van der Waals surface area contributed by atoms with Gasteiger partial charge < -0.3 is 5.32 Å². The zero-order valence-corrected chi connectivity index (χ0v) is 12.9. The van der Waals surface area contributed by atoms with Crippen LogP contribution >= 0.6 is 0 Å². The van der Waals surface area contributed by atoms with Gasteiger partial charge in [-0.2, -0.15) is 0 Å².